The van der Waals surface area contributed by atoms with Crippen LogP contribution in [0.3, 0.4) is 0 Å². The summed E-state index contributed by atoms with van der Waals surface area (Å²) in [6.07, 6.45) is -7.57. The molecular weight excluding hydrogens is 649 g/mol. The van der Waals surface area contributed by atoms with E-state index < -0.39 is 59.6 Å². The Labute approximate surface area is 286 Å². The Hall–Kier alpha value is -4.85. The highest BCUT2D eigenvalue weighted by molar-refractivity contribution is 6.06. The second-order valence-electron chi connectivity index (χ2n) is 13.3. The van der Waals surface area contributed by atoms with Gasteiger partial charge >= 0.3 is 5.97 Å². The van der Waals surface area contributed by atoms with Crippen LogP contribution in [0.25, 0.3) is 11.1 Å². The van der Waals surface area contributed by atoms with E-state index >= 15 is 0 Å². The molecule has 1 saturated carbocycles. The van der Waals surface area contributed by atoms with Gasteiger partial charge in [0, 0.05) is 11.3 Å². The molecule has 2 saturated heterocycles. The van der Waals surface area contributed by atoms with Crippen LogP contribution in [0.1, 0.15) is 42.9 Å². The monoisotopic (exact) mass is 685 g/mol. The van der Waals surface area contributed by atoms with Crippen LogP contribution in [0.4, 0.5) is 10.1 Å². The number of nitrogens with zero attached hydrogens (tertiary/aromatic N) is 1. The first-order valence-electron chi connectivity index (χ1n) is 16.3. The molecule has 50 heavy (non-hydrogen) atoms. The van der Waals surface area contributed by atoms with Crippen LogP contribution in [0.15, 0.2) is 97.1 Å². The normalized spacial score (nSPS) is 30.9. The molecule has 1 spiro atoms. The van der Waals surface area contributed by atoms with E-state index in [2.05, 4.69) is 0 Å². The van der Waals surface area contributed by atoms with E-state index in [1.54, 1.807) is 59.5 Å². The third-order valence-electron chi connectivity index (χ3n) is 10.4. The van der Waals surface area contributed by atoms with Crippen LogP contribution in [0, 0.1) is 11.2 Å². The quantitative estimate of drug-likeness (QED) is 0.156. The molecule has 4 aromatic carbocycles. The molecule has 260 valence electrons. The smallest absolute Gasteiger partial charge is 0.335 e. The molecule has 6 atom stereocenters. The number of carboxylic acids is 1. The summed E-state index contributed by atoms with van der Waals surface area (Å²) in [6, 6.07) is 26.0. The van der Waals surface area contributed by atoms with Crippen molar-refractivity contribution in [2.75, 3.05) is 4.90 Å². The number of hydrogen-bond acceptors (Lipinski definition) is 9. The Kier molecular flexibility index (Phi) is 8.61. The van der Waals surface area contributed by atoms with E-state index in [1.165, 1.54) is 12.1 Å². The van der Waals surface area contributed by atoms with Crippen LogP contribution in [0.5, 0.6) is 11.5 Å². The van der Waals surface area contributed by atoms with Crippen LogP contribution < -0.4 is 9.64 Å². The summed E-state index contributed by atoms with van der Waals surface area (Å²) in [4.78, 5) is 27.2. The highest BCUT2D eigenvalue weighted by atomic mass is 19.1. The number of anilines is 1. The van der Waals surface area contributed by atoms with Crippen molar-refractivity contribution in [1.82, 2.24) is 0 Å². The average molecular weight is 686 g/mol. The van der Waals surface area contributed by atoms with Crippen molar-refractivity contribution >= 4 is 17.6 Å². The fraction of sp³-hybridized carbons (Fsp3) is 0.316. The number of phenols is 1. The standard InChI is InChI=1S/C38H36FNO10/c39-24-12-10-23(11-13-24)38(48)17-15-37(16-18-38)33(40(36(37)47)25-6-2-1-3-7-25)27-14-9-22(20-28(27)41)21-5-4-8-26(19-21)49-35-31(44)29(42)30(43)32(50-35)34(45)46/h1-14,19-20,29-33,35,41-44,48H,15-18H2,(H,45,46)/t29-,30+,31?,32?,33+,35+,37?,38?/m0/s1. The zero-order valence-electron chi connectivity index (χ0n) is 26.7. The maximum absolute atomic E-state index is 14.0. The van der Waals surface area contributed by atoms with E-state index in [0.29, 0.717) is 40.8 Å². The Morgan fingerprint density at radius 3 is 2.16 bits per heavy atom. The van der Waals surface area contributed by atoms with E-state index in [4.69, 9.17) is 9.47 Å². The molecule has 2 unspecified atom stereocenters. The predicted octanol–water partition coefficient (Wildman–Crippen LogP) is 4.01. The summed E-state index contributed by atoms with van der Waals surface area (Å²) < 4.78 is 24.6. The number of benzene rings is 4. The highest BCUT2D eigenvalue weighted by Gasteiger charge is 2.64. The van der Waals surface area contributed by atoms with E-state index in [9.17, 15) is 44.6 Å². The Balaban J connectivity index is 1.16. The lowest BCUT2D eigenvalue weighted by Gasteiger charge is -2.59. The van der Waals surface area contributed by atoms with Gasteiger partial charge in [-0.2, -0.15) is 0 Å². The van der Waals surface area contributed by atoms with Gasteiger partial charge in [0.05, 0.1) is 17.1 Å². The maximum Gasteiger partial charge on any atom is 0.335 e. The second-order valence-corrected chi connectivity index (χ2v) is 13.3. The topological polar surface area (TPSA) is 177 Å². The number of aliphatic carboxylic acids is 1. The molecule has 2 aliphatic heterocycles. The van der Waals surface area contributed by atoms with Gasteiger partial charge in [0.1, 0.15) is 35.6 Å². The predicted molar refractivity (Wildman–Crippen MR) is 176 cm³/mol. The summed E-state index contributed by atoms with van der Waals surface area (Å²) >= 11 is 0. The molecule has 0 bridgehead atoms. The molecule has 0 aromatic heterocycles. The molecule has 3 aliphatic rings. The molecular formula is C38H36FNO10. The SMILES string of the molecule is O=C(O)C1O[C@@H](Oc2cccc(-c3ccc([C@H]4N(c5ccccc5)C(=O)C45CCC(O)(c4ccc(F)cc4)CC5)c(O)c3)c2)C(O)[C@@H](O)[C@H]1O. The molecule has 11 nitrogen and oxygen atoms in total. The highest BCUT2D eigenvalue weighted by Crippen LogP contribution is 2.62. The zero-order chi connectivity index (χ0) is 35.4. The number of amides is 1. The van der Waals surface area contributed by atoms with Gasteiger partial charge in [-0.1, -0.05) is 54.6 Å². The third kappa shape index (κ3) is 5.68. The van der Waals surface area contributed by atoms with Crippen molar-refractivity contribution in [2.45, 2.75) is 68.0 Å². The minimum absolute atomic E-state index is 0.0570. The number of hydrogen-bond donors (Lipinski definition) is 6. The zero-order valence-corrected chi connectivity index (χ0v) is 26.7. The fourth-order valence-electron chi connectivity index (χ4n) is 7.58. The Bertz CT molecular complexity index is 1900. The number of carbonyl (C=O) groups is 2. The number of aromatic hydroxyl groups is 1. The summed E-state index contributed by atoms with van der Waals surface area (Å²) in [5, 5.41) is 63.0. The van der Waals surface area contributed by atoms with Crippen LogP contribution in [0.2, 0.25) is 0 Å². The van der Waals surface area contributed by atoms with Gasteiger partial charge in [-0.05, 0) is 84.8 Å². The van der Waals surface area contributed by atoms with Gasteiger partial charge in [-0.15, -0.1) is 0 Å². The average Bonchev–Trinajstić information content (AvgIpc) is 3.12. The summed E-state index contributed by atoms with van der Waals surface area (Å²) in [7, 11) is 0. The third-order valence-corrected chi connectivity index (χ3v) is 10.4. The van der Waals surface area contributed by atoms with Crippen molar-refractivity contribution in [3.8, 4) is 22.6 Å². The van der Waals surface area contributed by atoms with Crippen LogP contribution in [-0.4, -0.2) is 73.2 Å². The Morgan fingerprint density at radius 2 is 1.50 bits per heavy atom. The fourth-order valence-corrected chi connectivity index (χ4v) is 7.58. The summed E-state index contributed by atoms with van der Waals surface area (Å²) in [5.41, 5.74) is 0.865. The van der Waals surface area contributed by atoms with Gasteiger partial charge in [-0.3, -0.25) is 4.79 Å². The number of β-lactam (4-membered cyclic amide) rings is 1. The van der Waals surface area contributed by atoms with Crippen molar-refractivity contribution in [2.24, 2.45) is 5.41 Å². The number of phenolic OH excluding ortho intramolecular Hbond substituents is 1. The van der Waals surface area contributed by atoms with Crippen molar-refractivity contribution in [3.05, 3.63) is 114 Å². The number of para-hydroxylation sites is 1. The number of carbonyl (C=O) groups excluding carboxylic acids is 1. The van der Waals surface area contributed by atoms with E-state index in [-0.39, 0.29) is 30.2 Å². The molecule has 0 radical (unpaired) electrons. The number of aliphatic hydroxyl groups excluding tert-OH is 3. The first-order chi connectivity index (χ1) is 23.9. The van der Waals surface area contributed by atoms with Gasteiger partial charge in [0.15, 0.2) is 6.10 Å². The van der Waals surface area contributed by atoms with Gasteiger partial charge < -0.3 is 45.0 Å². The molecule has 7 rings (SSSR count). The lowest BCUT2D eigenvalue weighted by molar-refractivity contribution is -0.271. The van der Waals surface area contributed by atoms with Crippen LogP contribution >= 0.6 is 0 Å². The summed E-state index contributed by atoms with van der Waals surface area (Å²) in [5.74, 6) is -1.92. The maximum atomic E-state index is 14.0. The largest absolute Gasteiger partial charge is 0.508 e. The summed E-state index contributed by atoms with van der Waals surface area (Å²) in [6.45, 7) is 0. The first kappa shape index (κ1) is 33.6. The molecule has 12 heteroatoms. The second kappa shape index (κ2) is 12.8. The number of carboxylic acid groups (broad SMARTS) is 1. The number of rotatable bonds is 7. The molecule has 6 N–H and O–H groups in total. The number of halogens is 1. The molecule has 1 aliphatic carbocycles. The minimum Gasteiger partial charge on any atom is -0.508 e. The number of ether oxygens (including phenoxy) is 2. The lowest BCUT2D eigenvalue weighted by Crippen LogP contribution is -2.65. The van der Waals surface area contributed by atoms with Crippen molar-refractivity contribution < 1.29 is 54.1 Å². The molecule has 2 heterocycles. The number of aliphatic hydroxyl groups is 4. The molecule has 4 aromatic rings. The minimum atomic E-state index is -1.85. The van der Waals surface area contributed by atoms with E-state index in [1.807, 2.05) is 30.3 Å². The molecule has 3 fully saturated rings. The Morgan fingerprint density at radius 1 is 0.820 bits per heavy atom. The van der Waals surface area contributed by atoms with Crippen molar-refractivity contribution in [1.29, 1.82) is 0 Å². The van der Waals surface area contributed by atoms with Gasteiger partial charge in [0.2, 0.25) is 12.2 Å². The van der Waals surface area contributed by atoms with Gasteiger partial charge in [-0.25, -0.2) is 9.18 Å². The first-order valence-corrected chi connectivity index (χ1v) is 16.3. The van der Waals surface area contributed by atoms with Crippen LogP contribution in [-0.2, 0) is 19.9 Å². The molecule has 1 amide bonds. The van der Waals surface area contributed by atoms with E-state index in [0.717, 1.165) is 0 Å². The lowest BCUT2D eigenvalue weighted by atomic mass is 9.56. The van der Waals surface area contributed by atoms with Crippen molar-refractivity contribution in [3.63, 3.8) is 0 Å². The van der Waals surface area contributed by atoms with Gasteiger partial charge in [0.25, 0.3) is 0 Å².